The van der Waals surface area contributed by atoms with E-state index in [2.05, 4.69) is 44.2 Å². The molecule has 1 rings (SSSR count). The summed E-state index contributed by atoms with van der Waals surface area (Å²) in [5, 5.41) is 1.99. The molecule has 0 bridgehead atoms. The lowest BCUT2D eigenvalue weighted by atomic mass is 10.1. The van der Waals surface area contributed by atoms with Crippen molar-refractivity contribution in [3.63, 3.8) is 0 Å². The summed E-state index contributed by atoms with van der Waals surface area (Å²) in [6.07, 6.45) is 2.18. The summed E-state index contributed by atoms with van der Waals surface area (Å²) in [7, 11) is 0. The van der Waals surface area contributed by atoms with Crippen LogP contribution in [0.5, 0.6) is 0 Å². The lowest BCUT2D eigenvalue weighted by Gasteiger charge is -2.17. The van der Waals surface area contributed by atoms with Gasteiger partial charge < -0.3 is 0 Å². The largest absolute Gasteiger partial charge is 0.299 e. The average molecular weight is 207 g/mol. The smallest absolute Gasteiger partial charge is 0.0688 e. The predicted octanol–water partition coefficient (Wildman–Crippen LogP) is 2.89. The fraction of sp³-hybridized carbons (Fsp3) is 0.538. The molecule has 0 saturated heterocycles. The summed E-state index contributed by atoms with van der Waals surface area (Å²) in [4.78, 5) is 5.60. The summed E-state index contributed by atoms with van der Waals surface area (Å²) in [5.74, 6) is 0. The minimum atomic E-state index is 0.816. The van der Waals surface area contributed by atoms with Crippen LogP contribution < -0.4 is 0 Å². The van der Waals surface area contributed by atoms with Gasteiger partial charge in [-0.05, 0) is 18.4 Å². The summed E-state index contributed by atoms with van der Waals surface area (Å²) in [5.41, 5.74) is 1.39. The predicted molar refractivity (Wildman–Crippen MR) is 63.6 cm³/mol. The Morgan fingerprint density at radius 1 is 1.07 bits per heavy atom. The van der Waals surface area contributed by atoms with E-state index in [-0.39, 0.29) is 0 Å². The number of nitrogens with zero attached hydrogens (tertiary/aromatic N) is 1. The van der Waals surface area contributed by atoms with E-state index >= 15 is 0 Å². The minimum absolute atomic E-state index is 0.816. The Hall–Kier alpha value is -0.860. The Kier molecular flexibility index (Phi) is 6.05. The topological polar surface area (TPSA) is 12.5 Å². The summed E-state index contributed by atoms with van der Waals surface area (Å²) in [6.45, 7) is 6.96. The van der Waals surface area contributed by atoms with E-state index in [0.717, 1.165) is 32.5 Å². The van der Waals surface area contributed by atoms with Gasteiger partial charge in [-0.3, -0.25) is 4.84 Å². The maximum Gasteiger partial charge on any atom is 0.0688 e. The molecule has 15 heavy (non-hydrogen) atoms. The number of aryl methyl sites for hydroxylation is 1. The maximum atomic E-state index is 5.60. The fourth-order valence-electron chi connectivity index (χ4n) is 1.52. The van der Waals surface area contributed by atoms with Gasteiger partial charge in [-0.1, -0.05) is 44.2 Å². The summed E-state index contributed by atoms with van der Waals surface area (Å²) < 4.78 is 0. The van der Waals surface area contributed by atoms with Gasteiger partial charge in [-0.25, -0.2) is 0 Å². The molecule has 84 valence electrons. The highest BCUT2D eigenvalue weighted by atomic mass is 16.7. The van der Waals surface area contributed by atoms with E-state index in [1.165, 1.54) is 5.56 Å². The van der Waals surface area contributed by atoms with Crippen LogP contribution in [0.1, 0.15) is 25.8 Å². The number of hydrogen-bond acceptors (Lipinski definition) is 2. The first-order chi connectivity index (χ1) is 7.36. The molecule has 0 saturated carbocycles. The van der Waals surface area contributed by atoms with Crippen molar-refractivity contribution >= 4 is 0 Å². The first-order valence-electron chi connectivity index (χ1n) is 5.78. The third-order valence-corrected chi connectivity index (χ3v) is 2.43. The van der Waals surface area contributed by atoms with E-state index in [0.29, 0.717) is 0 Å². The molecule has 1 aromatic carbocycles. The van der Waals surface area contributed by atoms with Crippen LogP contribution >= 0.6 is 0 Å². The molecule has 0 heterocycles. The molecule has 0 aliphatic rings. The number of benzene rings is 1. The molecule has 1 aromatic rings. The molecule has 0 aliphatic heterocycles. The lowest BCUT2D eigenvalue weighted by molar-refractivity contribution is -0.153. The van der Waals surface area contributed by atoms with Crippen molar-refractivity contribution < 1.29 is 4.84 Å². The van der Waals surface area contributed by atoms with E-state index in [1.807, 2.05) is 5.06 Å². The second-order valence-corrected chi connectivity index (χ2v) is 3.54. The highest BCUT2D eigenvalue weighted by Gasteiger charge is 1.98. The molecule has 0 radical (unpaired) electrons. The standard InChI is InChI=1S/C13H21NO/c1-3-14(4-2)15-12-8-11-13-9-6-5-7-10-13/h5-7,9-10H,3-4,8,11-12H2,1-2H3. The highest BCUT2D eigenvalue weighted by Crippen LogP contribution is 2.02. The monoisotopic (exact) mass is 207 g/mol. The van der Waals surface area contributed by atoms with Crippen molar-refractivity contribution in [1.29, 1.82) is 0 Å². The minimum Gasteiger partial charge on any atom is -0.299 e. The SMILES string of the molecule is CCN(CC)OCCCc1ccccc1. The first kappa shape index (κ1) is 12.2. The van der Waals surface area contributed by atoms with Crippen LogP contribution in [-0.4, -0.2) is 24.8 Å². The van der Waals surface area contributed by atoms with E-state index in [1.54, 1.807) is 0 Å². The molecule has 0 fully saturated rings. The van der Waals surface area contributed by atoms with Gasteiger partial charge in [0, 0.05) is 13.1 Å². The lowest BCUT2D eigenvalue weighted by Crippen LogP contribution is -2.23. The van der Waals surface area contributed by atoms with Gasteiger partial charge in [0.25, 0.3) is 0 Å². The average Bonchev–Trinajstić information content (AvgIpc) is 2.31. The molecule has 0 amide bonds. The van der Waals surface area contributed by atoms with Gasteiger partial charge >= 0.3 is 0 Å². The third kappa shape index (κ3) is 4.96. The Balaban J connectivity index is 2.12. The van der Waals surface area contributed by atoms with Crippen LogP contribution in [0.4, 0.5) is 0 Å². The molecule has 0 aliphatic carbocycles. The van der Waals surface area contributed by atoms with E-state index < -0.39 is 0 Å². The fourth-order valence-corrected chi connectivity index (χ4v) is 1.52. The van der Waals surface area contributed by atoms with Gasteiger partial charge in [0.15, 0.2) is 0 Å². The molecule has 0 N–H and O–H groups in total. The van der Waals surface area contributed by atoms with Crippen LogP contribution in [-0.2, 0) is 11.3 Å². The molecule has 2 heteroatoms. The molecule has 0 unspecified atom stereocenters. The van der Waals surface area contributed by atoms with Gasteiger partial charge in [0.2, 0.25) is 0 Å². The van der Waals surface area contributed by atoms with Crippen LogP contribution in [0.3, 0.4) is 0 Å². The Labute approximate surface area is 92.8 Å². The molecular weight excluding hydrogens is 186 g/mol. The van der Waals surface area contributed by atoms with Crippen LogP contribution in [0, 0.1) is 0 Å². The van der Waals surface area contributed by atoms with Crippen molar-refractivity contribution in [1.82, 2.24) is 5.06 Å². The van der Waals surface area contributed by atoms with E-state index in [4.69, 9.17) is 4.84 Å². The van der Waals surface area contributed by atoms with Gasteiger partial charge in [0.1, 0.15) is 0 Å². The third-order valence-electron chi connectivity index (χ3n) is 2.43. The van der Waals surface area contributed by atoms with Crippen molar-refractivity contribution in [2.24, 2.45) is 0 Å². The second-order valence-electron chi connectivity index (χ2n) is 3.54. The summed E-state index contributed by atoms with van der Waals surface area (Å²) in [6, 6.07) is 10.5. The van der Waals surface area contributed by atoms with Gasteiger partial charge in [0.05, 0.1) is 6.61 Å². The molecular formula is C13H21NO. The number of hydroxylamine groups is 2. The van der Waals surface area contributed by atoms with Gasteiger partial charge in [-0.15, -0.1) is 0 Å². The maximum absolute atomic E-state index is 5.60. The van der Waals surface area contributed by atoms with Crippen LogP contribution in [0.15, 0.2) is 30.3 Å². The Bertz CT molecular complexity index is 244. The zero-order valence-corrected chi connectivity index (χ0v) is 9.78. The molecule has 0 aromatic heterocycles. The zero-order valence-electron chi connectivity index (χ0n) is 9.78. The summed E-state index contributed by atoms with van der Waals surface area (Å²) >= 11 is 0. The molecule has 0 spiro atoms. The number of hydrogen-bond donors (Lipinski definition) is 0. The van der Waals surface area contributed by atoms with Crippen molar-refractivity contribution in [2.45, 2.75) is 26.7 Å². The quantitative estimate of drug-likeness (QED) is 0.503. The zero-order chi connectivity index (χ0) is 10.9. The Morgan fingerprint density at radius 2 is 1.73 bits per heavy atom. The van der Waals surface area contributed by atoms with Gasteiger partial charge in [-0.2, -0.15) is 5.06 Å². The molecule has 0 atom stereocenters. The Morgan fingerprint density at radius 3 is 2.33 bits per heavy atom. The number of rotatable bonds is 7. The molecule has 2 nitrogen and oxygen atoms in total. The normalized spacial score (nSPS) is 10.9. The van der Waals surface area contributed by atoms with Crippen molar-refractivity contribution in [3.8, 4) is 0 Å². The van der Waals surface area contributed by atoms with E-state index in [9.17, 15) is 0 Å². The van der Waals surface area contributed by atoms with Crippen LogP contribution in [0.2, 0.25) is 0 Å². The van der Waals surface area contributed by atoms with Crippen molar-refractivity contribution in [3.05, 3.63) is 35.9 Å². The highest BCUT2D eigenvalue weighted by molar-refractivity contribution is 5.14. The van der Waals surface area contributed by atoms with Crippen LogP contribution in [0.25, 0.3) is 0 Å². The second kappa shape index (κ2) is 7.43. The van der Waals surface area contributed by atoms with Crippen molar-refractivity contribution in [2.75, 3.05) is 19.7 Å². The first-order valence-corrected chi connectivity index (χ1v) is 5.78.